The fraction of sp³-hybridized carbons (Fsp3) is 0.632. The van der Waals surface area contributed by atoms with Crippen LogP contribution in [-0.2, 0) is 50.9 Å². The lowest BCUT2D eigenvalue weighted by atomic mass is 9.85. The predicted molar refractivity (Wildman–Crippen MR) is 211 cm³/mol. The third kappa shape index (κ3) is 26.0. The van der Waals surface area contributed by atoms with Gasteiger partial charge in [-0.2, -0.15) is 0 Å². The summed E-state index contributed by atoms with van der Waals surface area (Å²) in [4.78, 5) is 72.2. The molecule has 0 aromatic heterocycles. The summed E-state index contributed by atoms with van der Waals surface area (Å²) in [6, 6.07) is 0. The molecule has 4 unspecified atom stereocenters. The van der Waals surface area contributed by atoms with E-state index < -0.39 is 91.3 Å². The molecule has 0 bridgehead atoms. The number of ether oxygens (including phenoxy) is 2. The van der Waals surface area contributed by atoms with Gasteiger partial charge in [0.05, 0.1) is 6.61 Å². The van der Waals surface area contributed by atoms with Crippen LogP contribution in [0.4, 0.5) is 0 Å². The monoisotopic (exact) mass is 904 g/mol. The molecule has 0 heterocycles. The number of phosphoric acid groups is 3. The van der Waals surface area contributed by atoms with E-state index in [-0.39, 0.29) is 6.42 Å². The van der Waals surface area contributed by atoms with Crippen molar-refractivity contribution in [3.63, 3.8) is 0 Å². The van der Waals surface area contributed by atoms with Crippen LogP contribution in [0.2, 0.25) is 0 Å². The zero-order valence-electron chi connectivity index (χ0n) is 32.8. The van der Waals surface area contributed by atoms with Crippen LogP contribution in [0, 0.1) is 71.5 Å². The number of unbranched alkanes of at least 4 members (excludes halogenated alkanes) is 12. The molecule has 22 heteroatoms. The van der Waals surface area contributed by atoms with Crippen molar-refractivity contribution in [3.8, 4) is 71.5 Å². The molecule has 60 heavy (non-hydrogen) atoms. The maximum absolute atomic E-state index is 13.0. The number of hydrogen-bond acceptors (Lipinski definition) is 14. The highest BCUT2D eigenvalue weighted by atomic mass is 31.2. The number of phosphoric ester groups is 3. The molecular formula is C38H51O19P3. The molecule has 1 rings (SSSR count). The first-order chi connectivity index (χ1) is 28.3. The van der Waals surface area contributed by atoms with E-state index in [0.717, 1.165) is 25.7 Å². The first-order valence-electron chi connectivity index (χ1n) is 18.8. The molecule has 8 atom stereocenters. The number of carbonyl (C=O) groups is 2. The van der Waals surface area contributed by atoms with Crippen LogP contribution in [-0.4, -0.2) is 108 Å². The highest BCUT2D eigenvalue weighted by molar-refractivity contribution is 7.47. The van der Waals surface area contributed by atoms with Crippen LogP contribution in [0.15, 0.2) is 0 Å². The van der Waals surface area contributed by atoms with Gasteiger partial charge in [-0.15, -0.1) is 6.42 Å². The Hall–Kier alpha value is -3.49. The Balaban J connectivity index is 2.94. The van der Waals surface area contributed by atoms with Gasteiger partial charge in [0.25, 0.3) is 0 Å². The van der Waals surface area contributed by atoms with Crippen LogP contribution in [0.5, 0.6) is 0 Å². The fourth-order valence-electron chi connectivity index (χ4n) is 5.40. The summed E-state index contributed by atoms with van der Waals surface area (Å²) in [6.07, 6.45) is 1.93. The van der Waals surface area contributed by atoms with Crippen molar-refractivity contribution >= 4 is 35.4 Å². The van der Waals surface area contributed by atoms with Crippen LogP contribution in [0.3, 0.4) is 0 Å². The third-order valence-electron chi connectivity index (χ3n) is 8.14. The second-order valence-electron chi connectivity index (χ2n) is 13.0. The van der Waals surface area contributed by atoms with Gasteiger partial charge in [-0.05, 0) is 65.6 Å². The van der Waals surface area contributed by atoms with E-state index in [1.54, 1.807) is 0 Å². The zero-order valence-corrected chi connectivity index (χ0v) is 35.5. The highest BCUT2D eigenvalue weighted by Gasteiger charge is 2.56. The summed E-state index contributed by atoms with van der Waals surface area (Å²) in [6.45, 7) is 0.365. The Kier molecular flexibility index (Phi) is 27.0. The lowest BCUT2D eigenvalue weighted by Gasteiger charge is -2.44. The number of aliphatic hydroxyl groups excluding tert-OH is 3. The average molecular weight is 905 g/mol. The smallest absolute Gasteiger partial charge is 0.456 e. The Morgan fingerprint density at radius 3 is 1.50 bits per heavy atom. The number of terminal acetylenes is 1. The number of rotatable bonds is 26. The molecule has 332 valence electrons. The van der Waals surface area contributed by atoms with Crippen molar-refractivity contribution < 1.29 is 90.6 Å². The summed E-state index contributed by atoms with van der Waals surface area (Å²) in [5.74, 6) is 22.8. The van der Waals surface area contributed by atoms with E-state index in [4.69, 9.17) is 24.9 Å². The van der Waals surface area contributed by atoms with Crippen molar-refractivity contribution in [3.05, 3.63) is 0 Å². The van der Waals surface area contributed by atoms with E-state index in [1.807, 2.05) is 5.92 Å². The minimum atomic E-state index is -5.63. The van der Waals surface area contributed by atoms with Crippen LogP contribution in [0.1, 0.15) is 96.8 Å². The standard InChI is InChI=1S/C38H51O19P3/c1-3-5-7-9-11-13-15-16-17-19-21-23-25-27-32(40)54-30(28-52-31(39)26-24-22-20-18-14-12-10-8-6-4-2)29-53-60(50,51)57-36-33(41)34(42)37(55-58(44,45)46)38(35(36)43)56-59(47,48)49/h2,30,33-38,41-43H,3,5,7,9,11,13,15-17,19,21,23,25,27-29H2,1H3,(H,50,51)(H2,44,45,46)(H2,47,48,49)/t30-,33+,34-,35?,36?,37?,38+/m0/s1. The lowest BCUT2D eigenvalue weighted by molar-refractivity contribution is -0.213. The Bertz CT molecular complexity index is 1880. The summed E-state index contributed by atoms with van der Waals surface area (Å²) in [7, 11) is -16.7. The van der Waals surface area contributed by atoms with Gasteiger partial charge >= 0.3 is 35.4 Å². The quantitative estimate of drug-likeness (QED) is 0.0203. The Morgan fingerprint density at radius 1 is 0.583 bits per heavy atom. The molecule has 1 aliphatic rings. The van der Waals surface area contributed by atoms with Crippen molar-refractivity contribution in [2.24, 2.45) is 0 Å². The van der Waals surface area contributed by atoms with Gasteiger partial charge in [0.15, 0.2) is 6.10 Å². The van der Waals surface area contributed by atoms with E-state index in [9.17, 15) is 63.1 Å². The largest absolute Gasteiger partial charge is 0.472 e. The molecule has 0 aliphatic heterocycles. The van der Waals surface area contributed by atoms with Gasteiger partial charge in [0.1, 0.15) is 43.2 Å². The first kappa shape index (κ1) is 54.5. The third-order valence-corrected chi connectivity index (χ3v) is 10.2. The highest BCUT2D eigenvalue weighted by Crippen LogP contribution is 2.51. The van der Waals surface area contributed by atoms with Gasteiger partial charge in [0, 0.05) is 12.3 Å². The lowest BCUT2D eigenvalue weighted by Crippen LogP contribution is -2.65. The molecule has 0 radical (unpaired) electrons. The second-order valence-corrected chi connectivity index (χ2v) is 16.8. The van der Waals surface area contributed by atoms with E-state index in [1.165, 1.54) is 44.9 Å². The van der Waals surface area contributed by atoms with E-state index >= 15 is 0 Å². The minimum absolute atomic E-state index is 0.0794. The van der Waals surface area contributed by atoms with Gasteiger partial charge in [0.2, 0.25) is 0 Å². The Labute approximate surface area is 349 Å². The minimum Gasteiger partial charge on any atom is -0.456 e. The summed E-state index contributed by atoms with van der Waals surface area (Å²) >= 11 is 0. The van der Waals surface area contributed by atoms with Crippen LogP contribution < -0.4 is 0 Å². The van der Waals surface area contributed by atoms with Gasteiger partial charge in [-0.3, -0.25) is 22.9 Å². The van der Waals surface area contributed by atoms with Crippen LogP contribution in [0.25, 0.3) is 0 Å². The van der Waals surface area contributed by atoms with Crippen molar-refractivity contribution in [1.82, 2.24) is 0 Å². The average Bonchev–Trinajstić information content (AvgIpc) is 3.16. The summed E-state index contributed by atoms with van der Waals surface area (Å²) < 4.78 is 64.4. The molecule has 8 N–H and O–H groups in total. The molecule has 0 spiro atoms. The van der Waals surface area contributed by atoms with Crippen molar-refractivity contribution in [2.75, 3.05) is 13.2 Å². The summed E-state index contributed by atoms with van der Waals surface area (Å²) in [5, 5.41) is 31.6. The normalized spacial score (nSPS) is 21.1. The topological polar surface area (TPSA) is 303 Å². The number of esters is 2. The Morgan fingerprint density at radius 2 is 1.02 bits per heavy atom. The van der Waals surface area contributed by atoms with E-state index in [0.29, 0.717) is 12.8 Å². The SMILES string of the molecule is C#CC#CC#CC#CC#CC#CC(=O)OC[C@@H](COP(=O)(O)OC1C(O)[C@@H](OP(=O)(O)O)C(OP(=O)(O)O)[C@@H](O)[C@H]1O)OC(=O)CCCCCCCCCCCCCCC. The van der Waals surface area contributed by atoms with Crippen molar-refractivity contribution in [1.29, 1.82) is 0 Å². The molecule has 1 fully saturated rings. The predicted octanol–water partition coefficient (Wildman–Crippen LogP) is 2.13. The molecule has 0 saturated heterocycles. The first-order valence-corrected chi connectivity index (χ1v) is 23.4. The molecule has 0 amide bonds. The van der Waals surface area contributed by atoms with Crippen LogP contribution >= 0.6 is 23.5 Å². The van der Waals surface area contributed by atoms with Gasteiger partial charge in [-0.1, -0.05) is 84.0 Å². The van der Waals surface area contributed by atoms with Gasteiger partial charge < -0.3 is 49.3 Å². The molecule has 0 aromatic carbocycles. The zero-order chi connectivity index (χ0) is 45.0. The van der Waals surface area contributed by atoms with Gasteiger partial charge in [-0.25, -0.2) is 18.5 Å². The molecule has 0 aromatic rings. The maximum Gasteiger partial charge on any atom is 0.472 e. The number of carbonyl (C=O) groups excluding carboxylic acids is 2. The fourth-order valence-corrected chi connectivity index (χ4v) is 7.50. The van der Waals surface area contributed by atoms with Crippen molar-refractivity contribution in [2.45, 2.75) is 140 Å². The second kappa shape index (κ2) is 29.7. The molecule has 1 saturated carbocycles. The van der Waals surface area contributed by atoms with E-state index in [2.05, 4.69) is 75.2 Å². The molecule has 19 nitrogen and oxygen atoms in total. The maximum atomic E-state index is 13.0. The molecular weight excluding hydrogens is 853 g/mol. The number of hydrogen-bond donors (Lipinski definition) is 8. The summed E-state index contributed by atoms with van der Waals surface area (Å²) in [5.41, 5.74) is 0. The molecule has 1 aliphatic carbocycles. The number of aliphatic hydroxyl groups is 3.